The number of aromatic nitrogens is 1. The number of nitrogens with zero attached hydrogens (tertiary/aromatic N) is 1. The first-order valence-corrected chi connectivity index (χ1v) is 11.4. The molecule has 1 aromatic heterocycles. The van der Waals surface area contributed by atoms with Crippen LogP contribution in [0.1, 0.15) is 41.7 Å². The van der Waals surface area contributed by atoms with Crippen molar-refractivity contribution in [2.75, 3.05) is 11.9 Å². The monoisotopic (exact) mass is 450 g/mol. The van der Waals surface area contributed by atoms with Gasteiger partial charge in [-0.05, 0) is 31.9 Å². The van der Waals surface area contributed by atoms with E-state index in [1.54, 1.807) is 23.6 Å². The fraction of sp³-hybridized carbons (Fsp3) is 0.292. The van der Waals surface area contributed by atoms with Crippen LogP contribution in [0.4, 0.5) is 5.69 Å². The van der Waals surface area contributed by atoms with Gasteiger partial charge in [0, 0.05) is 35.5 Å². The Kier molecular flexibility index (Phi) is 5.30. The van der Waals surface area contributed by atoms with Crippen molar-refractivity contribution in [3.63, 3.8) is 0 Å². The van der Waals surface area contributed by atoms with Crippen LogP contribution >= 0.6 is 11.3 Å². The molecule has 2 heterocycles. The SMILES string of the molecule is Cc1ccc(-c2nc(C(=O)OCC(=O)Nc3ccc4c(c3)OC3(CCCC3)O4)cs2)cc1. The number of carbonyl (C=O) groups excluding carboxylic acids is 2. The van der Waals surface area contributed by atoms with Crippen molar-refractivity contribution < 1.29 is 23.8 Å². The molecule has 0 atom stereocenters. The predicted octanol–water partition coefficient (Wildman–Crippen LogP) is 4.96. The van der Waals surface area contributed by atoms with Crippen LogP contribution in [0, 0.1) is 6.92 Å². The van der Waals surface area contributed by atoms with E-state index in [1.807, 2.05) is 31.2 Å². The third-order valence-electron chi connectivity index (χ3n) is 5.53. The Morgan fingerprint density at radius 2 is 1.84 bits per heavy atom. The highest BCUT2D eigenvalue weighted by molar-refractivity contribution is 7.13. The highest BCUT2D eigenvalue weighted by Gasteiger charge is 2.44. The molecule has 7 nitrogen and oxygen atoms in total. The van der Waals surface area contributed by atoms with Crippen LogP contribution in [-0.2, 0) is 9.53 Å². The van der Waals surface area contributed by atoms with E-state index >= 15 is 0 Å². The molecule has 0 radical (unpaired) electrons. The van der Waals surface area contributed by atoms with E-state index in [0.29, 0.717) is 17.2 Å². The molecular formula is C24H22N2O5S. The van der Waals surface area contributed by atoms with Crippen LogP contribution in [0.15, 0.2) is 47.8 Å². The summed E-state index contributed by atoms with van der Waals surface area (Å²) in [7, 11) is 0. The quantitative estimate of drug-likeness (QED) is 0.553. The molecule has 32 heavy (non-hydrogen) atoms. The van der Waals surface area contributed by atoms with Gasteiger partial charge in [-0.3, -0.25) is 4.79 Å². The molecule has 1 N–H and O–H groups in total. The predicted molar refractivity (Wildman–Crippen MR) is 120 cm³/mol. The molecule has 164 valence electrons. The molecule has 1 saturated carbocycles. The Morgan fingerprint density at radius 3 is 2.62 bits per heavy atom. The maximum atomic E-state index is 12.3. The third-order valence-corrected chi connectivity index (χ3v) is 6.42. The fourth-order valence-electron chi connectivity index (χ4n) is 3.89. The number of amides is 1. The highest BCUT2D eigenvalue weighted by Crippen LogP contribution is 2.47. The first kappa shape index (κ1) is 20.5. The van der Waals surface area contributed by atoms with Crippen LogP contribution in [0.5, 0.6) is 11.5 Å². The molecule has 0 unspecified atom stereocenters. The third kappa shape index (κ3) is 4.18. The summed E-state index contributed by atoms with van der Waals surface area (Å²) in [4.78, 5) is 28.9. The van der Waals surface area contributed by atoms with Gasteiger partial charge in [-0.1, -0.05) is 29.8 Å². The van der Waals surface area contributed by atoms with Gasteiger partial charge in [-0.15, -0.1) is 11.3 Å². The first-order valence-electron chi connectivity index (χ1n) is 10.5. The zero-order valence-corrected chi connectivity index (χ0v) is 18.4. The van der Waals surface area contributed by atoms with Gasteiger partial charge in [0.15, 0.2) is 23.8 Å². The average molecular weight is 451 g/mol. The van der Waals surface area contributed by atoms with Gasteiger partial charge in [0.1, 0.15) is 5.01 Å². The number of thiazole rings is 1. The lowest BCUT2D eigenvalue weighted by molar-refractivity contribution is -0.119. The second-order valence-electron chi connectivity index (χ2n) is 8.01. The molecule has 1 amide bonds. The van der Waals surface area contributed by atoms with Crippen molar-refractivity contribution in [3.8, 4) is 22.1 Å². The number of aryl methyl sites for hydroxylation is 1. The van der Waals surface area contributed by atoms with E-state index in [9.17, 15) is 9.59 Å². The minimum absolute atomic E-state index is 0.184. The van der Waals surface area contributed by atoms with E-state index in [-0.39, 0.29) is 5.69 Å². The van der Waals surface area contributed by atoms with E-state index in [2.05, 4.69) is 10.3 Å². The molecule has 5 rings (SSSR count). The maximum absolute atomic E-state index is 12.3. The summed E-state index contributed by atoms with van der Waals surface area (Å²) in [6.45, 7) is 1.60. The minimum Gasteiger partial charge on any atom is -0.451 e. The van der Waals surface area contributed by atoms with Crippen LogP contribution in [-0.4, -0.2) is 29.3 Å². The molecule has 1 spiro atoms. The lowest BCUT2D eigenvalue weighted by Gasteiger charge is -2.21. The molecule has 8 heteroatoms. The topological polar surface area (TPSA) is 86.8 Å². The summed E-state index contributed by atoms with van der Waals surface area (Å²) in [6.07, 6.45) is 3.88. The van der Waals surface area contributed by atoms with Crippen molar-refractivity contribution in [2.45, 2.75) is 38.4 Å². The molecule has 2 aromatic carbocycles. The number of hydrogen-bond donors (Lipinski definition) is 1. The molecule has 1 fully saturated rings. The van der Waals surface area contributed by atoms with Gasteiger partial charge in [0.2, 0.25) is 0 Å². The summed E-state index contributed by atoms with van der Waals surface area (Å²) in [6, 6.07) is 13.1. The zero-order valence-electron chi connectivity index (χ0n) is 17.6. The summed E-state index contributed by atoms with van der Waals surface area (Å²) in [5.74, 6) is -0.326. The summed E-state index contributed by atoms with van der Waals surface area (Å²) in [5.41, 5.74) is 2.82. The van der Waals surface area contributed by atoms with Crippen molar-refractivity contribution in [1.29, 1.82) is 0 Å². The molecule has 1 aliphatic carbocycles. The first-order chi connectivity index (χ1) is 15.5. The number of fused-ring (bicyclic) bond motifs is 1. The number of carbonyl (C=O) groups is 2. The Morgan fingerprint density at radius 1 is 1.09 bits per heavy atom. The van der Waals surface area contributed by atoms with Gasteiger partial charge in [-0.2, -0.15) is 0 Å². The van der Waals surface area contributed by atoms with Crippen molar-refractivity contribution in [3.05, 3.63) is 59.1 Å². The Bertz CT molecular complexity index is 1170. The normalized spacial score (nSPS) is 15.7. The zero-order chi connectivity index (χ0) is 22.1. The minimum atomic E-state index is -0.636. The van der Waals surface area contributed by atoms with Gasteiger partial charge < -0.3 is 19.5 Å². The molecule has 1 aliphatic heterocycles. The molecule has 3 aromatic rings. The number of anilines is 1. The van der Waals surface area contributed by atoms with Crippen LogP contribution in [0.25, 0.3) is 10.6 Å². The van der Waals surface area contributed by atoms with E-state index in [4.69, 9.17) is 14.2 Å². The highest BCUT2D eigenvalue weighted by atomic mass is 32.1. The number of hydrogen-bond acceptors (Lipinski definition) is 7. The maximum Gasteiger partial charge on any atom is 0.358 e. The number of esters is 1. The van der Waals surface area contributed by atoms with Crippen LogP contribution in [0.2, 0.25) is 0 Å². The van der Waals surface area contributed by atoms with Gasteiger partial charge in [-0.25, -0.2) is 9.78 Å². The number of ether oxygens (including phenoxy) is 3. The lowest BCUT2D eigenvalue weighted by Crippen LogP contribution is -2.34. The molecule has 2 aliphatic rings. The second-order valence-corrected chi connectivity index (χ2v) is 8.87. The molecule has 0 saturated heterocycles. The lowest BCUT2D eigenvalue weighted by atomic mass is 10.2. The van der Waals surface area contributed by atoms with Crippen molar-refractivity contribution in [1.82, 2.24) is 4.98 Å². The average Bonchev–Trinajstić information content (AvgIpc) is 3.52. The van der Waals surface area contributed by atoms with E-state index in [0.717, 1.165) is 41.8 Å². The van der Waals surface area contributed by atoms with Gasteiger partial charge >= 0.3 is 5.97 Å². The second kappa shape index (κ2) is 8.27. The summed E-state index contributed by atoms with van der Waals surface area (Å²) < 4.78 is 17.1. The van der Waals surface area contributed by atoms with Crippen molar-refractivity contribution in [2.24, 2.45) is 0 Å². The summed E-state index contributed by atoms with van der Waals surface area (Å²) >= 11 is 1.35. The number of benzene rings is 2. The fourth-order valence-corrected chi connectivity index (χ4v) is 4.68. The Hall–Kier alpha value is -3.39. The van der Waals surface area contributed by atoms with E-state index in [1.165, 1.54) is 11.3 Å². The summed E-state index contributed by atoms with van der Waals surface area (Å²) in [5, 5.41) is 5.08. The van der Waals surface area contributed by atoms with Crippen LogP contribution < -0.4 is 14.8 Å². The van der Waals surface area contributed by atoms with Crippen LogP contribution in [0.3, 0.4) is 0 Å². The number of nitrogens with one attached hydrogen (secondary N) is 1. The molecule has 0 bridgehead atoms. The molecular weight excluding hydrogens is 428 g/mol. The smallest absolute Gasteiger partial charge is 0.358 e. The largest absolute Gasteiger partial charge is 0.451 e. The van der Waals surface area contributed by atoms with E-state index < -0.39 is 24.3 Å². The Balaban J connectivity index is 1.16. The Labute approximate surface area is 189 Å². The van der Waals surface area contributed by atoms with Gasteiger partial charge in [0.25, 0.3) is 11.7 Å². The van der Waals surface area contributed by atoms with Crippen molar-refractivity contribution >= 4 is 28.9 Å². The standard InChI is InChI=1S/C24H22N2O5S/c1-15-4-6-16(7-5-15)22-26-18(14-32-22)23(28)29-13-21(27)25-17-8-9-19-20(12-17)31-24(30-19)10-2-3-11-24/h4-9,12,14H,2-3,10-11,13H2,1H3,(H,25,27). The van der Waals surface area contributed by atoms with Gasteiger partial charge in [0.05, 0.1) is 0 Å². The number of rotatable bonds is 5.